The maximum Gasteiger partial charge on any atom is 0.248 e. The summed E-state index contributed by atoms with van der Waals surface area (Å²) in [5.74, 6) is -1.52. The molecule has 1 aromatic carbocycles. The van der Waals surface area contributed by atoms with Gasteiger partial charge in [0.1, 0.15) is 6.04 Å². The summed E-state index contributed by atoms with van der Waals surface area (Å²) < 4.78 is -1.11. The second kappa shape index (κ2) is 8.78. The fraction of sp³-hybridized carbons (Fsp3) is 0.625. The molecule has 0 saturated carbocycles. The Labute approximate surface area is 204 Å². The van der Waals surface area contributed by atoms with Crippen LogP contribution >= 0.6 is 23.4 Å². The van der Waals surface area contributed by atoms with E-state index in [0.29, 0.717) is 23.6 Å². The minimum absolute atomic E-state index is 0.159. The monoisotopic (exact) mass is 493 g/mol. The van der Waals surface area contributed by atoms with Crippen molar-refractivity contribution in [3.63, 3.8) is 0 Å². The largest absolute Gasteiger partial charge is 0.394 e. The minimum Gasteiger partial charge on any atom is -0.394 e. The van der Waals surface area contributed by atoms with Gasteiger partial charge in [0.25, 0.3) is 0 Å². The number of aliphatic hydroxyl groups excluding tert-OH is 1. The zero-order chi connectivity index (χ0) is 24.1. The Bertz CT molecular complexity index is 958. The molecule has 3 fully saturated rings. The van der Waals surface area contributed by atoms with Gasteiger partial charge >= 0.3 is 0 Å². The van der Waals surface area contributed by atoms with E-state index in [0.717, 1.165) is 6.42 Å². The minimum atomic E-state index is -0.775. The molecule has 6 atom stereocenters. The van der Waals surface area contributed by atoms with Gasteiger partial charge in [0.05, 0.1) is 29.2 Å². The van der Waals surface area contributed by atoms with Gasteiger partial charge in [-0.15, -0.1) is 11.8 Å². The maximum atomic E-state index is 14.0. The molecular weight excluding hydrogens is 462 g/mol. The third-order valence-corrected chi connectivity index (χ3v) is 9.69. The van der Waals surface area contributed by atoms with Crippen LogP contribution in [0, 0.1) is 17.8 Å². The standard InChI is InChI=1S/C24H32ClN3O4S/c1-13(2)11-16(12-29)28-19(21(31)27-15-7-5-14(25)6-8-15)24-10-9-23(3,33-24)17(20(30)26-4)18(24)22(28)32/h5-8,13,16-19,29H,9-12H2,1-4H3,(H,26,30)(H,27,31)/t16-,17-,18+,19?,23+,24?/m1/s1. The van der Waals surface area contributed by atoms with Crippen LogP contribution in [0.5, 0.6) is 0 Å². The Morgan fingerprint density at radius 3 is 2.48 bits per heavy atom. The summed E-state index contributed by atoms with van der Waals surface area (Å²) in [7, 11) is 1.59. The van der Waals surface area contributed by atoms with Crippen LogP contribution in [0.1, 0.15) is 40.0 Å². The number of anilines is 1. The molecule has 3 saturated heterocycles. The van der Waals surface area contributed by atoms with Gasteiger partial charge in [-0.3, -0.25) is 14.4 Å². The number of halogens is 1. The highest BCUT2D eigenvalue weighted by Gasteiger charge is 2.77. The van der Waals surface area contributed by atoms with E-state index in [4.69, 9.17) is 11.6 Å². The van der Waals surface area contributed by atoms with Crippen LogP contribution in [0.3, 0.4) is 0 Å². The van der Waals surface area contributed by atoms with Crippen molar-refractivity contribution in [1.29, 1.82) is 0 Å². The number of hydrogen-bond acceptors (Lipinski definition) is 5. The molecule has 3 aliphatic heterocycles. The van der Waals surface area contributed by atoms with Gasteiger partial charge in [0, 0.05) is 22.5 Å². The summed E-state index contributed by atoms with van der Waals surface area (Å²) in [6.07, 6.45) is 2.00. The summed E-state index contributed by atoms with van der Waals surface area (Å²) in [6, 6.07) is 5.58. The van der Waals surface area contributed by atoms with Crippen LogP contribution in [0.2, 0.25) is 5.02 Å². The topological polar surface area (TPSA) is 98.7 Å². The lowest BCUT2D eigenvalue weighted by Gasteiger charge is -2.37. The SMILES string of the molecule is CNC(=O)[C@H]1[C@H]2C(=O)N([C@@H](CO)CC(C)C)C(C(=O)Nc3ccc(Cl)cc3)C23CC[C@]1(C)S3. The second-order valence-corrected chi connectivity index (χ2v) is 12.4. The van der Waals surface area contributed by atoms with Gasteiger partial charge in [-0.2, -0.15) is 0 Å². The van der Waals surface area contributed by atoms with Gasteiger partial charge in [-0.1, -0.05) is 25.4 Å². The number of benzene rings is 1. The molecule has 0 aromatic heterocycles. The molecular formula is C24H32ClN3O4S. The van der Waals surface area contributed by atoms with E-state index in [2.05, 4.69) is 10.6 Å². The summed E-state index contributed by atoms with van der Waals surface area (Å²) >= 11 is 7.61. The predicted molar refractivity (Wildman–Crippen MR) is 130 cm³/mol. The molecule has 1 spiro atoms. The third-order valence-electron chi connectivity index (χ3n) is 7.45. The quantitative estimate of drug-likeness (QED) is 0.542. The van der Waals surface area contributed by atoms with E-state index in [-0.39, 0.29) is 30.2 Å². The molecule has 180 valence electrons. The number of likely N-dealkylation sites (tertiary alicyclic amines) is 1. The Morgan fingerprint density at radius 1 is 1.24 bits per heavy atom. The zero-order valence-electron chi connectivity index (χ0n) is 19.4. The number of fused-ring (bicyclic) bond motifs is 1. The molecule has 3 heterocycles. The van der Waals surface area contributed by atoms with Crippen LogP contribution in [0.15, 0.2) is 24.3 Å². The van der Waals surface area contributed by atoms with Gasteiger partial charge in [0.2, 0.25) is 17.7 Å². The molecule has 9 heteroatoms. The highest BCUT2D eigenvalue weighted by Crippen LogP contribution is 2.71. The third kappa shape index (κ3) is 3.84. The fourth-order valence-corrected chi connectivity index (χ4v) is 8.65. The van der Waals surface area contributed by atoms with Crippen molar-refractivity contribution >= 4 is 46.8 Å². The number of carbonyl (C=O) groups is 3. The zero-order valence-corrected chi connectivity index (χ0v) is 21.0. The lowest BCUT2D eigenvalue weighted by atomic mass is 9.66. The lowest BCUT2D eigenvalue weighted by Crippen LogP contribution is -2.55. The molecule has 4 rings (SSSR count). The maximum absolute atomic E-state index is 14.0. The smallest absolute Gasteiger partial charge is 0.248 e. The van der Waals surface area contributed by atoms with Crippen LogP contribution in [0.25, 0.3) is 0 Å². The van der Waals surface area contributed by atoms with Crippen LogP contribution in [-0.4, -0.2) is 63.0 Å². The van der Waals surface area contributed by atoms with E-state index in [9.17, 15) is 19.5 Å². The summed E-state index contributed by atoms with van der Waals surface area (Å²) in [5, 5.41) is 16.5. The summed E-state index contributed by atoms with van der Waals surface area (Å²) in [5.41, 5.74) is 0.590. The van der Waals surface area contributed by atoms with E-state index in [1.54, 1.807) is 48.0 Å². The van der Waals surface area contributed by atoms with Crippen molar-refractivity contribution < 1.29 is 19.5 Å². The Hall–Kier alpha value is -1.77. The number of carbonyl (C=O) groups excluding carboxylic acids is 3. The molecule has 3 amide bonds. The Balaban J connectivity index is 1.77. The van der Waals surface area contributed by atoms with E-state index < -0.39 is 33.4 Å². The number of rotatable bonds is 7. The highest BCUT2D eigenvalue weighted by molar-refractivity contribution is 8.02. The number of hydrogen-bond donors (Lipinski definition) is 3. The normalized spacial score (nSPS) is 33.4. The highest BCUT2D eigenvalue weighted by atomic mass is 35.5. The van der Waals surface area contributed by atoms with Crippen molar-refractivity contribution in [2.45, 2.75) is 61.6 Å². The first-order chi connectivity index (χ1) is 15.6. The average molecular weight is 494 g/mol. The van der Waals surface area contributed by atoms with Gasteiger partial charge in [-0.05, 0) is 56.4 Å². The van der Waals surface area contributed by atoms with Crippen molar-refractivity contribution in [2.24, 2.45) is 17.8 Å². The molecule has 0 aliphatic carbocycles. The molecule has 3 aliphatic rings. The first-order valence-electron chi connectivity index (χ1n) is 11.5. The van der Waals surface area contributed by atoms with Crippen LogP contribution in [0.4, 0.5) is 5.69 Å². The second-order valence-electron chi connectivity index (χ2n) is 10.0. The fourth-order valence-electron chi connectivity index (χ4n) is 6.18. The van der Waals surface area contributed by atoms with Crippen molar-refractivity contribution in [1.82, 2.24) is 10.2 Å². The van der Waals surface area contributed by atoms with Gasteiger partial charge in [-0.25, -0.2) is 0 Å². The molecule has 3 N–H and O–H groups in total. The molecule has 7 nitrogen and oxygen atoms in total. The summed E-state index contributed by atoms with van der Waals surface area (Å²) in [4.78, 5) is 42.3. The average Bonchev–Trinajstić information content (AvgIpc) is 3.33. The number of thioether (sulfide) groups is 1. The van der Waals surface area contributed by atoms with Gasteiger partial charge in [0.15, 0.2) is 0 Å². The predicted octanol–water partition coefficient (Wildman–Crippen LogP) is 2.91. The first kappa shape index (κ1) is 24.4. The number of aliphatic hydroxyl groups is 1. The number of amides is 3. The number of nitrogens with one attached hydrogen (secondary N) is 2. The van der Waals surface area contributed by atoms with Crippen molar-refractivity contribution in [3.8, 4) is 0 Å². The Kier molecular flexibility index (Phi) is 6.48. The molecule has 0 radical (unpaired) electrons. The number of nitrogens with zero attached hydrogens (tertiary/aromatic N) is 1. The van der Waals surface area contributed by atoms with E-state index in [1.807, 2.05) is 20.8 Å². The first-order valence-corrected chi connectivity index (χ1v) is 12.7. The van der Waals surface area contributed by atoms with Crippen LogP contribution < -0.4 is 10.6 Å². The summed E-state index contributed by atoms with van der Waals surface area (Å²) in [6.45, 7) is 5.86. The van der Waals surface area contributed by atoms with Gasteiger partial charge < -0.3 is 20.6 Å². The lowest BCUT2D eigenvalue weighted by molar-refractivity contribution is -0.142. The van der Waals surface area contributed by atoms with E-state index in [1.165, 1.54) is 0 Å². The molecule has 2 unspecified atom stereocenters. The van der Waals surface area contributed by atoms with Crippen molar-refractivity contribution in [3.05, 3.63) is 29.3 Å². The molecule has 1 aromatic rings. The van der Waals surface area contributed by atoms with Crippen molar-refractivity contribution in [2.75, 3.05) is 19.0 Å². The Morgan fingerprint density at radius 2 is 1.91 bits per heavy atom. The van der Waals surface area contributed by atoms with E-state index >= 15 is 0 Å². The molecule has 2 bridgehead atoms. The molecule has 33 heavy (non-hydrogen) atoms. The van der Waals surface area contributed by atoms with Crippen LogP contribution in [-0.2, 0) is 14.4 Å².